The van der Waals surface area contributed by atoms with Gasteiger partial charge in [0.25, 0.3) is 0 Å². The van der Waals surface area contributed by atoms with Crippen LogP contribution in [0, 0.1) is 0 Å². The molecule has 0 atom stereocenters. The van der Waals surface area contributed by atoms with E-state index in [0.29, 0.717) is 0 Å². The van der Waals surface area contributed by atoms with Crippen LogP contribution < -0.4 is 0 Å². The summed E-state index contributed by atoms with van der Waals surface area (Å²) >= 11 is 4.14. The predicted molar refractivity (Wildman–Crippen MR) is 47.4 cm³/mol. The van der Waals surface area contributed by atoms with Crippen LogP contribution in [0.3, 0.4) is 0 Å². The van der Waals surface area contributed by atoms with E-state index in [4.69, 9.17) is 0 Å². The van der Waals surface area contributed by atoms with Crippen LogP contribution in [0.2, 0.25) is 0 Å². The van der Waals surface area contributed by atoms with E-state index in [2.05, 4.69) is 22.4 Å². The molecule has 1 aromatic rings. The van der Waals surface area contributed by atoms with E-state index >= 15 is 0 Å². The van der Waals surface area contributed by atoms with E-state index in [1.807, 2.05) is 36.4 Å². The molecule has 0 N–H and O–H groups in total. The fraction of sp³-hybridized carbons (Fsp3) is 0.125. The highest BCUT2D eigenvalue weighted by Gasteiger charge is 1.57. The molecule has 0 aromatic heterocycles. The lowest BCUT2D eigenvalue weighted by atomic mass is 10.4. The van der Waals surface area contributed by atoms with Gasteiger partial charge in [-0.05, 0) is 12.2 Å². The van der Waals surface area contributed by atoms with Gasteiger partial charge in [-0.15, -0.1) is 0 Å². The summed E-state index contributed by atoms with van der Waals surface area (Å²) in [6, 6.07) is 12.0. The topological polar surface area (TPSA) is 12.4 Å². The van der Waals surface area contributed by atoms with Crippen molar-refractivity contribution >= 4 is 17.4 Å². The van der Waals surface area contributed by atoms with Crippen LogP contribution in [-0.4, -0.2) is 12.2 Å². The van der Waals surface area contributed by atoms with Crippen molar-refractivity contribution in [2.75, 3.05) is 7.05 Å². The van der Waals surface area contributed by atoms with Crippen LogP contribution in [0.15, 0.2) is 41.4 Å². The highest BCUT2D eigenvalue weighted by Crippen LogP contribution is 1.79. The fourth-order valence-corrected chi connectivity index (χ4v) is 0.385. The molecule has 0 aliphatic carbocycles. The highest BCUT2D eigenvalue weighted by molar-refractivity contribution is 7.78. The minimum atomic E-state index is 1.59. The Hall–Kier alpha value is -0.980. The summed E-state index contributed by atoms with van der Waals surface area (Å²) in [5.41, 5.74) is 0. The van der Waals surface area contributed by atoms with Crippen molar-refractivity contribution in [1.82, 2.24) is 0 Å². The molecule has 0 bridgehead atoms. The Morgan fingerprint density at radius 2 is 1.20 bits per heavy atom. The molecule has 1 nitrogen and oxygen atoms in total. The number of benzene rings is 1. The largest absolute Gasteiger partial charge is 0.236 e. The van der Waals surface area contributed by atoms with Gasteiger partial charge < -0.3 is 0 Å². The van der Waals surface area contributed by atoms with Gasteiger partial charge in [0, 0.05) is 7.05 Å². The summed E-state index contributed by atoms with van der Waals surface area (Å²) in [5.74, 6) is 0. The van der Waals surface area contributed by atoms with Crippen molar-refractivity contribution in [3.8, 4) is 0 Å². The molecule has 0 aliphatic rings. The van der Waals surface area contributed by atoms with Gasteiger partial charge in [-0.3, -0.25) is 0 Å². The minimum Gasteiger partial charge on any atom is -0.236 e. The first kappa shape index (κ1) is 9.02. The maximum atomic E-state index is 4.14. The Kier molecular flexibility index (Phi) is 7.23. The molecule has 0 unspecified atom stereocenters. The van der Waals surface area contributed by atoms with Gasteiger partial charge in [-0.25, -0.2) is 4.99 Å². The van der Waals surface area contributed by atoms with E-state index in [1.165, 1.54) is 0 Å². The lowest BCUT2D eigenvalue weighted by Crippen LogP contribution is -1.47. The van der Waals surface area contributed by atoms with Crippen LogP contribution in [0.4, 0.5) is 0 Å². The third-order valence-corrected chi connectivity index (χ3v) is 0.941. The van der Waals surface area contributed by atoms with Crippen LogP contribution >= 0.6 is 12.2 Å². The molecule has 10 heavy (non-hydrogen) atoms. The number of isothiocyanates is 1. The van der Waals surface area contributed by atoms with E-state index in [0.717, 1.165) is 0 Å². The number of nitrogens with zero attached hydrogens (tertiary/aromatic N) is 1. The normalized spacial score (nSPS) is 6.50. The van der Waals surface area contributed by atoms with Crippen LogP contribution in [-0.2, 0) is 0 Å². The van der Waals surface area contributed by atoms with Crippen molar-refractivity contribution in [1.29, 1.82) is 0 Å². The molecule has 52 valence electrons. The van der Waals surface area contributed by atoms with E-state index < -0.39 is 0 Å². The molecule has 1 rings (SSSR count). The summed E-state index contributed by atoms with van der Waals surface area (Å²) in [4.78, 5) is 3.30. The smallest absolute Gasteiger partial charge is 0.0582 e. The van der Waals surface area contributed by atoms with Crippen molar-refractivity contribution in [3.63, 3.8) is 0 Å². The highest BCUT2D eigenvalue weighted by atomic mass is 32.1. The molecule has 0 spiro atoms. The average Bonchev–Trinajstić information content (AvgIpc) is 2.08. The summed E-state index contributed by atoms with van der Waals surface area (Å²) in [6.45, 7) is 0. The zero-order valence-corrected chi connectivity index (χ0v) is 6.64. The monoisotopic (exact) mass is 151 g/mol. The third-order valence-electron chi connectivity index (χ3n) is 0.758. The second-order valence-corrected chi connectivity index (χ2v) is 1.65. The quantitative estimate of drug-likeness (QED) is 0.409. The summed E-state index contributed by atoms with van der Waals surface area (Å²) < 4.78 is 0. The van der Waals surface area contributed by atoms with E-state index in [9.17, 15) is 0 Å². The van der Waals surface area contributed by atoms with E-state index in [-0.39, 0.29) is 0 Å². The lowest BCUT2D eigenvalue weighted by Gasteiger charge is -1.69. The molecule has 0 amide bonds. The second-order valence-electron chi connectivity index (χ2n) is 1.47. The fourth-order valence-electron chi connectivity index (χ4n) is 0.385. The van der Waals surface area contributed by atoms with Gasteiger partial charge >= 0.3 is 0 Å². The maximum absolute atomic E-state index is 4.14. The Balaban J connectivity index is 0.000000180. The molecular weight excluding hydrogens is 142 g/mol. The molecule has 0 heterocycles. The van der Waals surface area contributed by atoms with Gasteiger partial charge in [0.1, 0.15) is 0 Å². The molecular formula is C8H9NS. The molecule has 1 aromatic carbocycles. The molecule has 2 heteroatoms. The van der Waals surface area contributed by atoms with Gasteiger partial charge in [-0.1, -0.05) is 36.4 Å². The third kappa shape index (κ3) is 7.02. The Morgan fingerprint density at radius 3 is 1.30 bits per heavy atom. The minimum absolute atomic E-state index is 1.59. The summed E-state index contributed by atoms with van der Waals surface area (Å²) in [7, 11) is 1.59. The van der Waals surface area contributed by atoms with Crippen LogP contribution in [0.25, 0.3) is 0 Å². The summed E-state index contributed by atoms with van der Waals surface area (Å²) in [5, 5.41) is 2.14. The van der Waals surface area contributed by atoms with Crippen molar-refractivity contribution in [2.45, 2.75) is 0 Å². The Morgan fingerprint density at radius 1 is 1.00 bits per heavy atom. The first-order valence-corrected chi connectivity index (χ1v) is 3.28. The Bertz CT molecular complexity index is 163. The zero-order valence-electron chi connectivity index (χ0n) is 5.82. The number of hydrogen-bond acceptors (Lipinski definition) is 2. The number of hydrogen-bond donors (Lipinski definition) is 0. The van der Waals surface area contributed by atoms with Crippen LogP contribution in [0.1, 0.15) is 0 Å². The zero-order chi connectivity index (χ0) is 7.66. The van der Waals surface area contributed by atoms with Gasteiger partial charge in [-0.2, -0.15) is 0 Å². The molecule has 0 saturated heterocycles. The second kappa shape index (κ2) is 8.02. The molecule has 0 aliphatic heterocycles. The van der Waals surface area contributed by atoms with Crippen molar-refractivity contribution in [2.24, 2.45) is 4.99 Å². The van der Waals surface area contributed by atoms with Gasteiger partial charge in [0.15, 0.2) is 0 Å². The molecule has 0 radical (unpaired) electrons. The van der Waals surface area contributed by atoms with E-state index in [1.54, 1.807) is 7.05 Å². The Labute approximate surface area is 66.4 Å². The number of rotatable bonds is 0. The molecule has 0 saturated carbocycles. The maximum Gasteiger partial charge on any atom is 0.0582 e. The lowest BCUT2D eigenvalue weighted by molar-refractivity contribution is 1.49. The predicted octanol–water partition coefficient (Wildman–Crippen LogP) is 2.41. The first-order valence-electron chi connectivity index (χ1n) is 2.87. The van der Waals surface area contributed by atoms with Gasteiger partial charge in [0.2, 0.25) is 0 Å². The SMILES string of the molecule is CN=C=S.c1ccccc1. The van der Waals surface area contributed by atoms with Crippen molar-refractivity contribution in [3.05, 3.63) is 36.4 Å². The van der Waals surface area contributed by atoms with Crippen molar-refractivity contribution < 1.29 is 0 Å². The molecule has 0 fully saturated rings. The van der Waals surface area contributed by atoms with Gasteiger partial charge in [0.05, 0.1) is 5.16 Å². The first-order chi connectivity index (χ1) is 4.91. The standard InChI is InChI=1S/C6H6.C2H3NS/c1-2-4-6-5-3-1;1-3-2-4/h1-6H;1H3. The van der Waals surface area contributed by atoms with Crippen LogP contribution in [0.5, 0.6) is 0 Å². The average molecular weight is 151 g/mol. The summed E-state index contributed by atoms with van der Waals surface area (Å²) in [6.07, 6.45) is 0. The number of thiocarbonyl (C=S) groups is 1. The number of aliphatic imine (C=N–C) groups is 1.